The summed E-state index contributed by atoms with van der Waals surface area (Å²) in [5.41, 5.74) is 7.29. The maximum atomic E-state index is 13.4. The number of aromatic amines is 1. The van der Waals surface area contributed by atoms with Crippen molar-refractivity contribution in [2.24, 2.45) is 7.05 Å². The van der Waals surface area contributed by atoms with Gasteiger partial charge < -0.3 is 14.5 Å². The van der Waals surface area contributed by atoms with Crippen molar-refractivity contribution < 1.29 is 4.79 Å². The van der Waals surface area contributed by atoms with Crippen LogP contribution in [-0.4, -0.2) is 56.3 Å². The van der Waals surface area contributed by atoms with Gasteiger partial charge in [0.15, 0.2) is 0 Å². The number of nitrogens with one attached hydrogen (secondary N) is 1. The normalized spacial score (nSPS) is 13.6. The summed E-state index contributed by atoms with van der Waals surface area (Å²) < 4.78 is 5.76. The highest BCUT2D eigenvalue weighted by Gasteiger charge is 2.24. The van der Waals surface area contributed by atoms with Crippen molar-refractivity contribution in [1.29, 1.82) is 0 Å². The Labute approximate surface area is 205 Å². The van der Waals surface area contributed by atoms with Crippen molar-refractivity contribution in [3.05, 3.63) is 78.7 Å². The smallest absolute Gasteiger partial charge is 0.255 e. The predicted molar refractivity (Wildman–Crippen MR) is 134 cm³/mol. The molecule has 0 radical (unpaired) electrons. The number of fused-ring (bicyclic) bond motifs is 3. The molecule has 0 aromatic carbocycles. The largest absolute Gasteiger partial charge is 0.346 e. The van der Waals surface area contributed by atoms with E-state index in [1.807, 2.05) is 72.7 Å². The van der Waals surface area contributed by atoms with E-state index in [-0.39, 0.29) is 5.91 Å². The molecule has 0 aliphatic carbocycles. The van der Waals surface area contributed by atoms with Crippen LogP contribution in [0.3, 0.4) is 0 Å². The SMILES string of the molecule is Cc1cn2c(n1)CN(C(=O)c1cnc3[nH]cc(-c4ccn5ncc(-c6cnn(C)c6)c5c4)c3c1)CC2. The number of H-pyrrole nitrogens is 1. The lowest BCUT2D eigenvalue weighted by molar-refractivity contribution is 0.0707. The summed E-state index contributed by atoms with van der Waals surface area (Å²) in [6.07, 6.45) is 13.2. The van der Waals surface area contributed by atoms with Crippen LogP contribution < -0.4 is 0 Å². The molecule has 0 saturated carbocycles. The van der Waals surface area contributed by atoms with Gasteiger partial charge in [0.2, 0.25) is 0 Å². The Morgan fingerprint density at radius 2 is 1.94 bits per heavy atom. The second-order valence-corrected chi connectivity index (χ2v) is 9.25. The molecule has 7 rings (SSSR count). The molecule has 7 heterocycles. The third-order valence-electron chi connectivity index (χ3n) is 6.84. The molecule has 0 fully saturated rings. The van der Waals surface area contributed by atoms with E-state index < -0.39 is 0 Å². The van der Waals surface area contributed by atoms with Crippen LogP contribution in [-0.2, 0) is 20.1 Å². The molecule has 10 heteroatoms. The molecule has 1 aliphatic heterocycles. The van der Waals surface area contributed by atoms with Crippen LogP contribution >= 0.6 is 0 Å². The fourth-order valence-electron chi connectivity index (χ4n) is 5.04. The van der Waals surface area contributed by atoms with Crippen molar-refractivity contribution >= 4 is 22.5 Å². The number of pyridine rings is 2. The molecule has 0 saturated heterocycles. The summed E-state index contributed by atoms with van der Waals surface area (Å²) in [5.74, 6) is 0.885. The quantitative estimate of drug-likeness (QED) is 0.421. The first kappa shape index (κ1) is 20.6. The van der Waals surface area contributed by atoms with E-state index >= 15 is 0 Å². The van der Waals surface area contributed by atoms with Gasteiger partial charge in [0.25, 0.3) is 5.91 Å². The summed E-state index contributed by atoms with van der Waals surface area (Å²) in [7, 11) is 1.90. The highest BCUT2D eigenvalue weighted by Crippen LogP contribution is 2.32. The van der Waals surface area contributed by atoms with Gasteiger partial charge in [-0.3, -0.25) is 9.48 Å². The van der Waals surface area contributed by atoms with Crippen molar-refractivity contribution in [3.8, 4) is 22.3 Å². The second kappa shape index (κ2) is 7.64. The molecule has 1 N–H and O–H groups in total. The number of aryl methyl sites for hydroxylation is 2. The zero-order valence-electron chi connectivity index (χ0n) is 19.9. The minimum absolute atomic E-state index is 0.0337. The van der Waals surface area contributed by atoms with Crippen molar-refractivity contribution in [2.45, 2.75) is 20.0 Å². The van der Waals surface area contributed by atoms with E-state index in [4.69, 9.17) is 0 Å². The Bertz CT molecular complexity index is 1780. The van der Waals surface area contributed by atoms with E-state index in [0.717, 1.165) is 56.9 Å². The zero-order chi connectivity index (χ0) is 24.4. The highest BCUT2D eigenvalue weighted by atomic mass is 16.2. The molecule has 6 aromatic rings. The van der Waals surface area contributed by atoms with E-state index in [9.17, 15) is 4.79 Å². The number of rotatable bonds is 3. The molecule has 1 aliphatic rings. The topological polar surface area (TPSA) is 102 Å². The minimum atomic E-state index is -0.0337. The second-order valence-electron chi connectivity index (χ2n) is 9.25. The van der Waals surface area contributed by atoms with E-state index in [0.29, 0.717) is 18.7 Å². The molecule has 178 valence electrons. The molecule has 6 aromatic heterocycles. The standard InChI is InChI=1S/C26H23N9O/c1-16-13-33-5-6-34(15-24(33)31-16)26(36)18-7-20-21(11-28-25(20)27-9-18)17-3-4-35-23(8-17)22(12-30-35)19-10-29-32(2)14-19/h3-4,7-14H,5-6,15H2,1-2H3,(H,27,28). The number of hydrogen-bond acceptors (Lipinski definition) is 5. The Morgan fingerprint density at radius 3 is 2.81 bits per heavy atom. The first-order chi connectivity index (χ1) is 17.5. The average Bonchev–Trinajstić information content (AvgIpc) is 3.66. The van der Waals surface area contributed by atoms with Gasteiger partial charge in [-0.1, -0.05) is 0 Å². The summed E-state index contributed by atoms with van der Waals surface area (Å²) in [6.45, 7) is 3.87. The molecule has 1 amide bonds. The Hall–Kier alpha value is -4.73. The molecule has 0 unspecified atom stereocenters. The third kappa shape index (κ3) is 3.22. The summed E-state index contributed by atoms with van der Waals surface area (Å²) in [5, 5.41) is 9.70. The number of aromatic nitrogens is 8. The lowest BCUT2D eigenvalue weighted by Gasteiger charge is -2.27. The van der Waals surface area contributed by atoms with Crippen LogP contribution in [0.2, 0.25) is 0 Å². The van der Waals surface area contributed by atoms with Gasteiger partial charge in [-0.2, -0.15) is 10.2 Å². The summed E-state index contributed by atoms with van der Waals surface area (Å²) in [6, 6.07) is 6.07. The van der Waals surface area contributed by atoms with E-state index in [2.05, 4.69) is 35.8 Å². The van der Waals surface area contributed by atoms with Gasteiger partial charge >= 0.3 is 0 Å². The van der Waals surface area contributed by atoms with E-state index in [1.165, 1.54) is 0 Å². The monoisotopic (exact) mass is 477 g/mol. The molecular formula is C26H23N9O. The van der Waals surface area contributed by atoms with E-state index in [1.54, 1.807) is 10.9 Å². The van der Waals surface area contributed by atoms with Gasteiger partial charge in [-0.05, 0) is 30.7 Å². The van der Waals surface area contributed by atoms with Gasteiger partial charge in [-0.25, -0.2) is 14.5 Å². The third-order valence-corrected chi connectivity index (χ3v) is 6.84. The maximum absolute atomic E-state index is 13.4. The Kier molecular flexibility index (Phi) is 4.38. The summed E-state index contributed by atoms with van der Waals surface area (Å²) in [4.78, 5) is 27.6. The number of hydrogen-bond donors (Lipinski definition) is 1. The van der Waals surface area contributed by atoms with Gasteiger partial charge in [0.1, 0.15) is 11.5 Å². The van der Waals surface area contributed by atoms with Crippen LogP contribution in [0.25, 0.3) is 38.8 Å². The molecule has 0 spiro atoms. The van der Waals surface area contributed by atoms with Crippen LogP contribution in [0.15, 0.2) is 61.6 Å². The number of carbonyl (C=O) groups excluding carboxylic acids is 1. The Balaban J connectivity index is 1.26. The fourth-order valence-corrected chi connectivity index (χ4v) is 5.04. The molecular weight excluding hydrogens is 454 g/mol. The van der Waals surface area contributed by atoms with Crippen LogP contribution in [0.5, 0.6) is 0 Å². The first-order valence-corrected chi connectivity index (χ1v) is 11.8. The molecule has 10 nitrogen and oxygen atoms in total. The lowest BCUT2D eigenvalue weighted by Crippen LogP contribution is -2.38. The number of amides is 1. The van der Waals surface area contributed by atoms with Crippen LogP contribution in [0.1, 0.15) is 21.9 Å². The predicted octanol–water partition coefficient (Wildman–Crippen LogP) is 3.44. The van der Waals surface area contributed by atoms with Gasteiger partial charge in [0, 0.05) is 73.2 Å². The Morgan fingerprint density at radius 1 is 1.03 bits per heavy atom. The fraction of sp³-hybridized carbons (Fsp3) is 0.192. The van der Waals surface area contributed by atoms with Crippen LogP contribution in [0.4, 0.5) is 0 Å². The van der Waals surface area contributed by atoms with Gasteiger partial charge in [-0.15, -0.1) is 0 Å². The molecule has 36 heavy (non-hydrogen) atoms. The molecule has 0 atom stereocenters. The summed E-state index contributed by atoms with van der Waals surface area (Å²) >= 11 is 0. The van der Waals surface area contributed by atoms with Crippen molar-refractivity contribution in [2.75, 3.05) is 6.54 Å². The number of imidazole rings is 1. The lowest BCUT2D eigenvalue weighted by atomic mass is 10.0. The van der Waals surface area contributed by atoms with Crippen LogP contribution in [0, 0.1) is 6.92 Å². The first-order valence-electron chi connectivity index (χ1n) is 11.8. The molecule has 0 bridgehead atoms. The average molecular weight is 478 g/mol. The maximum Gasteiger partial charge on any atom is 0.255 e. The minimum Gasteiger partial charge on any atom is -0.346 e. The zero-order valence-corrected chi connectivity index (χ0v) is 19.9. The number of carbonyl (C=O) groups is 1. The van der Waals surface area contributed by atoms with Crippen molar-refractivity contribution in [3.63, 3.8) is 0 Å². The number of nitrogens with zero attached hydrogens (tertiary/aromatic N) is 8. The highest BCUT2D eigenvalue weighted by molar-refractivity contribution is 6.01. The van der Waals surface area contributed by atoms with Crippen molar-refractivity contribution in [1.82, 2.24) is 43.8 Å². The van der Waals surface area contributed by atoms with Gasteiger partial charge in [0.05, 0.1) is 35.7 Å².